The molecule has 0 amide bonds. The van der Waals surface area contributed by atoms with Gasteiger partial charge in [0.05, 0.1) is 5.57 Å². The van der Waals surface area contributed by atoms with Crippen LogP contribution in [0.25, 0.3) is 0 Å². The van der Waals surface area contributed by atoms with Gasteiger partial charge in [-0.05, 0) is 6.72 Å². The Bertz CT molecular complexity index is 194. The van der Waals surface area contributed by atoms with Crippen LogP contribution in [0.2, 0.25) is 0 Å². The minimum absolute atomic E-state index is 0.0255. The number of carbonyl (C=O) groups is 1. The monoisotopic (exact) mass is 140 g/mol. The first-order chi connectivity index (χ1) is 4.72. The van der Waals surface area contributed by atoms with Crippen LogP contribution in [-0.2, 0) is 4.79 Å². The smallest absolute Gasteiger partial charge is 0.338 e. The molecule has 0 aromatic heterocycles. The molecule has 4 heteroatoms. The molecule has 0 fully saturated rings. The summed E-state index contributed by atoms with van der Waals surface area (Å²) >= 11 is 0. The molecule has 0 aliphatic rings. The molecular formula is C6H8N2O2. The minimum Gasteiger partial charge on any atom is -0.478 e. The van der Waals surface area contributed by atoms with Crippen molar-refractivity contribution in [1.29, 1.82) is 0 Å². The van der Waals surface area contributed by atoms with E-state index in [0.29, 0.717) is 0 Å². The number of carboxylic acid groups (broad SMARTS) is 1. The number of nitrogens with zero attached hydrogens (tertiary/aromatic N) is 2. The van der Waals surface area contributed by atoms with Crippen molar-refractivity contribution in [2.45, 2.75) is 0 Å². The lowest BCUT2D eigenvalue weighted by molar-refractivity contribution is -0.132. The number of aliphatic imine (C=N–C) groups is 2. The molecule has 0 spiro atoms. The van der Waals surface area contributed by atoms with E-state index in [1.54, 1.807) is 0 Å². The van der Waals surface area contributed by atoms with E-state index in [1.807, 2.05) is 0 Å². The van der Waals surface area contributed by atoms with Gasteiger partial charge in [-0.3, -0.25) is 9.98 Å². The summed E-state index contributed by atoms with van der Waals surface area (Å²) in [4.78, 5) is 17.0. The minimum atomic E-state index is -1.06. The van der Waals surface area contributed by atoms with E-state index < -0.39 is 5.97 Å². The normalized spacial score (nSPS) is 11.9. The Labute approximate surface area is 58.6 Å². The lowest BCUT2D eigenvalue weighted by atomic mass is 10.3. The maximum atomic E-state index is 10.2. The van der Waals surface area contributed by atoms with Crippen molar-refractivity contribution >= 4 is 18.9 Å². The number of hydrogen-bond donors (Lipinski definition) is 1. The van der Waals surface area contributed by atoms with Crippen LogP contribution in [0.5, 0.6) is 0 Å². The summed E-state index contributed by atoms with van der Waals surface area (Å²) in [6.07, 6.45) is 2.34. The molecule has 1 N–H and O–H groups in total. The highest BCUT2D eigenvalue weighted by Crippen LogP contribution is 1.89. The molecular weight excluding hydrogens is 132 g/mol. The summed E-state index contributed by atoms with van der Waals surface area (Å²) in [6.45, 7) is 3.11. The summed E-state index contributed by atoms with van der Waals surface area (Å²) in [5.74, 6) is -1.06. The van der Waals surface area contributed by atoms with Crippen molar-refractivity contribution in [1.82, 2.24) is 0 Å². The maximum absolute atomic E-state index is 10.2. The van der Waals surface area contributed by atoms with Gasteiger partial charge in [0.1, 0.15) is 0 Å². The standard InChI is InChI=1S/C6H8N2O2/c1-7-3-5(4-8-2)6(9)10/h3-4H,1H2,2H3,(H,9,10). The molecule has 0 rings (SSSR count). The zero-order valence-corrected chi connectivity index (χ0v) is 5.61. The molecule has 10 heavy (non-hydrogen) atoms. The van der Waals surface area contributed by atoms with Crippen LogP contribution in [-0.4, -0.2) is 31.1 Å². The Morgan fingerprint density at radius 3 is 2.60 bits per heavy atom. The van der Waals surface area contributed by atoms with Crippen LogP contribution in [0.3, 0.4) is 0 Å². The van der Waals surface area contributed by atoms with Crippen molar-refractivity contribution in [2.24, 2.45) is 9.98 Å². The van der Waals surface area contributed by atoms with Gasteiger partial charge in [0.15, 0.2) is 0 Å². The number of carboxylic acids is 1. The first-order valence-corrected chi connectivity index (χ1v) is 2.53. The predicted molar refractivity (Wildman–Crippen MR) is 39.7 cm³/mol. The van der Waals surface area contributed by atoms with Gasteiger partial charge in [-0.2, -0.15) is 0 Å². The maximum Gasteiger partial charge on any atom is 0.338 e. The average Bonchev–Trinajstić information content (AvgIpc) is 1.87. The SMILES string of the molecule is C=NC=C(C=NC)C(=O)O. The third kappa shape index (κ3) is 2.76. The number of aliphatic carboxylic acids is 1. The zero-order valence-electron chi connectivity index (χ0n) is 5.61. The summed E-state index contributed by atoms with van der Waals surface area (Å²) in [5, 5.41) is 8.39. The van der Waals surface area contributed by atoms with E-state index in [0.717, 1.165) is 6.20 Å². The van der Waals surface area contributed by atoms with E-state index >= 15 is 0 Å². The van der Waals surface area contributed by atoms with Crippen molar-refractivity contribution in [3.8, 4) is 0 Å². The lowest BCUT2D eigenvalue weighted by Crippen LogP contribution is -2.00. The van der Waals surface area contributed by atoms with Crippen LogP contribution in [0.1, 0.15) is 0 Å². The molecule has 0 aliphatic heterocycles. The van der Waals surface area contributed by atoms with Gasteiger partial charge in [-0.25, -0.2) is 4.79 Å². The molecule has 0 saturated carbocycles. The molecule has 4 nitrogen and oxygen atoms in total. The Kier molecular flexibility index (Phi) is 3.79. The second-order valence-electron chi connectivity index (χ2n) is 1.46. The van der Waals surface area contributed by atoms with Crippen molar-refractivity contribution in [3.05, 3.63) is 11.8 Å². The van der Waals surface area contributed by atoms with Gasteiger partial charge >= 0.3 is 5.97 Å². The summed E-state index contributed by atoms with van der Waals surface area (Å²) in [6, 6.07) is 0. The van der Waals surface area contributed by atoms with Gasteiger partial charge in [0, 0.05) is 19.5 Å². The molecule has 0 radical (unpaired) electrons. The van der Waals surface area contributed by atoms with Crippen LogP contribution < -0.4 is 0 Å². The van der Waals surface area contributed by atoms with Crippen LogP contribution in [0, 0.1) is 0 Å². The molecule has 0 saturated heterocycles. The van der Waals surface area contributed by atoms with Gasteiger partial charge in [-0.15, -0.1) is 0 Å². The van der Waals surface area contributed by atoms with Crippen LogP contribution >= 0.6 is 0 Å². The summed E-state index contributed by atoms with van der Waals surface area (Å²) < 4.78 is 0. The Balaban J connectivity index is 4.41. The quantitative estimate of drug-likeness (QED) is 0.454. The number of hydrogen-bond acceptors (Lipinski definition) is 3. The zero-order chi connectivity index (χ0) is 7.98. The summed E-state index contributed by atoms with van der Waals surface area (Å²) in [7, 11) is 1.49. The Hall–Kier alpha value is -1.45. The molecule has 0 aliphatic carbocycles. The van der Waals surface area contributed by atoms with Gasteiger partial charge in [0.25, 0.3) is 0 Å². The highest BCUT2D eigenvalue weighted by atomic mass is 16.4. The van der Waals surface area contributed by atoms with Crippen molar-refractivity contribution in [3.63, 3.8) is 0 Å². The van der Waals surface area contributed by atoms with Crippen molar-refractivity contribution in [2.75, 3.05) is 7.05 Å². The highest BCUT2D eigenvalue weighted by molar-refractivity contribution is 6.08. The highest BCUT2D eigenvalue weighted by Gasteiger charge is 2.00. The molecule has 0 aromatic rings. The van der Waals surface area contributed by atoms with Gasteiger partial charge in [-0.1, -0.05) is 0 Å². The molecule has 0 bridgehead atoms. The van der Waals surface area contributed by atoms with Gasteiger partial charge in [0.2, 0.25) is 0 Å². The Morgan fingerprint density at radius 1 is 1.70 bits per heavy atom. The van der Waals surface area contributed by atoms with Crippen LogP contribution in [0.4, 0.5) is 0 Å². The predicted octanol–water partition coefficient (Wildman–Crippen LogP) is 0.356. The summed E-state index contributed by atoms with van der Waals surface area (Å²) in [5.41, 5.74) is 0.0255. The second kappa shape index (κ2) is 4.43. The lowest BCUT2D eigenvalue weighted by Gasteiger charge is -1.87. The first kappa shape index (κ1) is 8.55. The first-order valence-electron chi connectivity index (χ1n) is 2.53. The molecule has 0 atom stereocenters. The fourth-order valence-corrected chi connectivity index (χ4v) is 0.381. The van der Waals surface area contributed by atoms with Crippen molar-refractivity contribution < 1.29 is 9.90 Å². The van der Waals surface area contributed by atoms with E-state index in [4.69, 9.17) is 5.11 Å². The molecule has 0 unspecified atom stereocenters. The van der Waals surface area contributed by atoms with E-state index in [-0.39, 0.29) is 5.57 Å². The Morgan fingerprint density at radius 2 is 2.30 bits per heavy atom. The number of rotatable bonds is 3. The van der Waals surface area contributed by atoms with E-state index in [1.165, 1.54) is 13.3 Å². The largest absolute Gasteiger partial charge is 0.478 e. The molecule has 54 valence electrons. The fraction of sp³-hybridized carbons (Fsp3) is 0.167. The van der Waals surface area contributed by atoms with Gasteiger partial charge < -0.3 is 5.11 Å². The molecule has 0 aromatic carbocycles. The average molecular weight is 140 g/mol. The third-order valence-corrected chi connectivity index (χ3v) is 0.746. The second-order valence-corrected chi connectivity index (χ2v) is 1.46. The third-order valence-electron chi connectivity index (χ3n) is 0.746. The van der Waals surface area contributed by atoms with Crippen LogP contribution in [0.15, 0.2) is 21.8 Å². The van der Waals surface area contributed by atoms with E-state index in [9.17, 15) is 4.79 Å². The van der Waals surface area contributed by atoms with E-state index in [2.05, 4.69) is 16.7 Å². The topological polar surface area (TPSA) is 62.0 Å². The fourth-order valence-electron chi connectivity index (χ4n) is 0.381. The molecule has 0 heterocycles.